The van der Waals surface area contributed by atoms with Gasteiger partial charge < -0.3 is 0 Å². The molecule has 0 heterocycles. The molecule has 0 radical (unpaired) electrons. The Morgan fingerprint density at radius 1 is 1.17 bits per heavy atom. The molecule has 4 heteroatoms. The van der Waals surface area contributed by atoms with Crippen molar-refractivity contribution in [1.29, 1.82) is 0 Å². The molecule has 64 valence electrons. The first-order valence-corrected chi connectivity index (χ1v) is 3.74. The summed E-state index contributed by atoms with van der Waals surface area (Å²) < 4.78 is 0. The largest absolute Gasteiger partial charge is 0.294 e. The van der Waals surface area contributed by atoms with Gasteiger partial charge in [-0.2, -0.15) is 0 Å². The SMILES string of the molecule is O=CC(=O)C(=O)C(=O)C1CCC1. The van der Waals surface area contributed by atoms with Gasteiger partial charge in [0.15, 0.2) is 6.29 Å². The predicted octanol–water partition coefficient (Wildman–Crippen LogP) is -0.307. The predicted molar refractivity (Wildman–Crippen MR) is 38.4 cm³/mol. The second kappa shape index (κ2) is 3.38. The van der Waals surface area contributed by atoms with Gasteiger partial charge in [-0.1, -0.05) is 6.42 Å². The van der Waals surface area contributed by atoms with Crippen molar-refractivity contribution < 1.29 is 19.2 Å². The van der Waals surface area contributed by atoms with Gasteiger partial charge in [0.1, 0.15) is 0 Å². The third kappa shape index (κ3) is 1.47. The molecule has 0 spiro atoms. The standard InChI is InChI=1S/C8H8O4/c9-4-6(10)8(12)7(11)5-2-1-3-5/h4-5H,1-3H2. The molecular weight excluding hydrogens is 160 g/mol. The molecule has 0 atom stereocenters. The van der Waals surface area contributed by atoms with E-state index in [1.807, 2.05) is 0 Å². The van der Waals surface area contributed by atoms with Crippen LogP contribution in [-0.4, -0.2) is 23.6 Å². The number of carbonyl (C=O) groups excluding carboxylic acids is 4. The Balaban J connectivity index is 2.57. The molecule has 0 aromatic carbocycles. The highest BCUT2D eigenvalue weighted by Crippen LogP contribution is 2.27. The monoisotopic (exact) mass is 168 g/mol. The third-order valence-electron chi connectivity index (χ3n) is 2.03. The molecule has 0 unspecified atom stereocenters. The number of rotatable bonds is 4. The fourth-order valence-corrected chi connectivity index (χ4v) is 1.03. The van der Waals surface area contributed by atoms with E-state index in [0.29, 0.717) is 12.8 Å². The van der Waals surface area contributed by atoms with E-state index >= 15 is 0 Å². The fraction of sp³-hybridized carbons (Fsp3) is 0.500. The van der Waals surface area contributed by atoms with Crippen LogP contribution in [0.5, 0.6) is 0 Å². The summed E-state index contributed by atoms with van der Waals surface area (Å²) in [4.78, 5) is 42.1. The summed E-state index contributed by atoms with van der Waals surface area (Å²) in [5, 5.41) is 0. The van der Waals surface area contributed by atoms with Crippen LogP contribution in [0.4, 0.5) is 0 Å². The normalized spacial score (nSPS) is 16.3. The first-order chi connectivity index (χ1) is 5.66. The smallest absolute Gasteiger partial charge is 0.272 e. The number of carbonyl (C=O) groups is 4. The van der Waals surface area contributed by atoms with Gasteiger partial charge in [-0.15, -0.1) is 0 Å². The van der Waals surface area contributed by atoms with Crippen LogP contribution in [0.2, 0.25) is 0 Å². The Hall–Kier alpha value is -1.32. The van der Waals surface area contributed by atoms with Crippen LogP contribution in [-0.2, 0) is 19.2 Å². The molecule has 1 aliphatic carbocycles. The molecule has 4 nitrogen and oxygen atoms in total. The Labute approximate surface area is 68.9 Å². The van der Waals surface area contributed by atoms with E-state index in [0.717, 1.165) is 6.42 Å². The lowest BCUT2D eigenvalue weighted by molar-refractivity contribution is -0.148. The van der Waals surface area contributed by atoms with Crippen LogP contribution in [0.15, 0.2) is 0 Å². The Morgan fingerprint density at radius 3 is 2.08 bits per heavy atom. The van der Waals surface area contributed by atoms with E-state index in [-0.39, 0.29) is 12.2 Å². The molecule has 12 heavy (non-hydrogen) atoms. The highest BCUT2D eigenvalue weighted by atomic mass is 16.2. The number of Topliss-reactive ketones (excluding diaryl/α,β-unsaturated/α-hetero) is 3. The first kappa shape index (κ1) is 8.77. The summed E-state index contributed by atoms with van der Waals surface area (Å²) in [7, 11) is 0. The molecule has 1 aliphatic rings. The van der Waals surface area contributed by atoms with Crippen LogP contribution in [0.25, 0.3) is 0 Å². The molecule has 0 saturated heterocycles. The zero-order chi connectivity index (χ0) is 9.14. The van der Waals surface area contributed by atoms with Crippen molar-refractivity contribution in [2.24, 2.45) is 5.92 Å². The quantitative estimate of drug-likeness (QED) is 0.328. The van der Waals surface area contributed by atoms with Crippen molar-refractivity contribution in [3.63, 3.8) is 0 Å². The molecular formula is C8H8O4. The maximum Gasteiger partial charge on any atom is 0.272 e. The van der Waals surface area contributed by atoms with Crippen molar-refractivity contribution in [3.05, 3.63) is 0 Å². The van der Waals surface area contributed by atoms with Gasteiger partial charge in [-0.25, -0.2) is 0 Å². The van der Waals surface area contributed by atoms with E-state index in [4.69, 9.17) is 0 Å². The average Bonchev–Trinajstić information content (AvgIpc) is 1.98. The lowest BCUT2D eigenvalue weighted by Gasteiger charge is -2.21. The van der Waals surface area contributed by atoms with Crippen LogP contribution in [0.1, 0.15) is 19.3 Å². The second-order valence-electron chi connectivity index (χ2n) is 2.80. The molecule has 1 saturated carbocycles. The number of hydrogen-bond acceptors (Lipinski definition) is 4. The van der Waals surface area contributed by atoms with E-state index in [2.05, 4.69) is 0 Å². The molecule has 0 bridgehead atoms. The minimum atomic E-state index is -1.23. The van der Waals surface area contributed by atoms with Gasteiger partial charge in [-0.3, -0.25) is 19.2 Å². The molecule has 0 amide bonds. The van der Waals surface area contributed by atoms with Gasteiger partial charge in [0.25, 0.3) is 11.6 Å². The first-order valence-electron chi connectivity index (χ1n) is 3.74. The van der Waals surface area contributed by atoms with Crippen molar-refractivity contribution in [3.8, 4) is 0 Å². The third-order valence-corrected chi connectivity index (χ3v) is 2.03. The Morgan fingerprint density at radius 2 is 1.75 bits per heavy atom. The molecule has 0 aliphatic heterocycles. The molecule has 1 fully saturated rings. The average molecular weight is 168 g/mol. The van der Waals surface area contributed by atoms with Crippen LogP contribution >= 0.6 is 0 Å². The summed E-state index contributed by atoms with van der Waals surface area (Å²) in [6, 6.07) is 0. The van der Waals surface area contributed by atoms with E-state index in [1.165, 1.54) is 0 Å². The van der Waals surface area contributed by atoms with Gasteiger partial charge in [-0.05, 0) is 12.8 Å². The summed E-state index contributed by atoms with van der Waals surface area (Å²) in [6.45, 7) is 0. The maximum absolute atomic E-state index is 11.0. The molecule has 1 rings (SSSR count). The number of aldehydes is 1. The van der Waals surface area contributed by atoms with Crippen molar-refractivity contribution in [1.82, 2.24) is 0 Å². The van der Waals surface area contributed by atoms with Crippen LogP contribution < -0.4 is 0 Å². The summed E-state index contributed by atoms with van der Waals surface area (Å²) in [6.07, 6.45) is 2.13. The molecule has 0 N–H and O–H groups in total. The number of hydrogen-bond donors (Lipinski definition) is 0. The zero-order valence-corrected chi connectivity index (χ0v) is 6.41. The van der Waals surface area contributed by atoms with Gasteiger partial charge in [0.2, 0.25) is 5.78 Å². The topological polar surface area (TPSA) is 68.3 Å². The zero-order valence-electron chi connectivity index (χ0n) is 6.41. The van der Waals surface area contributed by atoms with E-state index < -0.39 is 17.3 Å². The van der Waals surface area contributed by atoms with Gasteiger partial charge >= 0.3 is 0 Å². The minimum absolute atomic E-state index is 0.112. The highest BCUT2D eigenvalue weighted by Gasteiger charge is 2.33. The van der Waals surface area contributed by atoms with Gasteiger partial charge in [0, 0.05) is 5.92 Å². The molecule has 0 aromatic rings. The van der Waals surface area contributed by atoms with Crippen molar-refractivity contribution in [2.45, 2.75) is 19.3 Å². The summed E-state index contributed by atoms with van der Waals surface area (Å²) >= 11 is 0. The molecule has 0 aromatic heterocycles. The highest BCUT2D eigenvalue weighted by molar-refractivity contribution is 6.74. The lowest BCUT2D eigenvalue weighted by atomic mass is 9.80. The van der Waals surface area contributed by atoms with E-state index in [1.54, 1.807) is 0 Å². The maximum atomic E-state index is 11.0. The van der Waals surface area contributed by atoms with Crippen LogP contribution in [0.3, 0.4) is 0 Å². The summed E-state index contributed by atoms with van der Waals surface area (Å²) in [5.74, 6) is -3.39. The van der Waals surface area contributed by atoms with Gasteiger partial charge in [0.05, 0.1) is 0 Å². The second-order valence-corrected chi connectivity index (χ2v) is 2.80. The Kier molecular flexibility index (Phi) is 2.47. The summed E-state index contributed by atoms with van der Waals surface area (Å²) in [5.41, 5.74) is 0. The van der Waals surface area contributed by atoms with Crippen molar-refractivity contribution >= 4 is 23.6 Å². The fourth-order valence-electron chi connectivity index (χ4n) is 1.03. The van der Waals surface area contributed by atoms with Crippen LogP contribution in [0, 0.1) is 5.92 Å². The minimum Gasteiger partial charge on any atom is -0.294 e. The Bertz CT molecular complexity index is 250. The van der Waals surface area contributed by atoms with E-state index in [9.17, 15) is 19.2 Å². The number of ketones is 3. The lowest BCUT2D eigenvalue weighted by Crippen LogP contribution is -2.34. The van der Waals surface area contributed by atoms with Crippen molar-refractivity contribution in [2.75, 3.05) is 0 Å².